The van der Waals surface area contributed by atoms with Crippen LogP contribution in [0.1, 0.15) is 22.8 Å². The second-order valence-electron chi connectivity index (χ2n) is 4.83. The molecule has 0 fully saturated rings. The van der Waals surface area contributed by atoms with Crippen LogP contribution in [0.2, 0.25) is 0 Å². The van der Waals surface area contributed by atoms with Crippen LogP contribution in [0.3, 0.4) is 0 Å². The molecule has 1 aliphatic rings. The van der Waals surface area contributed by atoms with Crippen molar-refractivity contribution in [2.75, 3.05) is 0 Å². The van der Waals surface area contributed by atoms with Crippen LogP contribution in [-0.2, 0) is 6.42 Å². The van der Waals surface area contributed by atoms with E-state index in [2.05, 4.69) is 6.07 Å². The predicted octanol–water partition coefficient (Wildman–Crippen LogP) is 3.03. The summed E-state index contributed by atoms with van der Waals surface area (Å²) in [6.45, 7) is 2.05. The molecule has 0 saturated carbocycles. The third kappa shape index (κ3) is 2.00. The zero-order valence-corrected chi connectivity index (χ0v) is 10.3. The normalized spacial score (nSPS) is 22.1. The molecule has 2 heteroatoms. The number of hydrogen-bond acceptors (Lipinski definition) is 2. The van der Waals surface area contributed by atoms with Crippen molar-refractivity contribution in [1.82, 2.24) is 0 Å². The fourth-order valence-corrected chi connectivity index (χ4v) is 2.42. The monoisotopic (exact) mass is 240 g/mol. The van der Waals surface area contributed by atoms with Gasteiger partial charge in [-0.2, -0.15) is 0 Å². The van der Waals surface area contributed by atoms with E-state index in [-0.39, 0.29) is 6.10 Å². The van der Waals surface area contributed by atoms with Gasteiger partial charge < -0.3 is 9.84 Å². The molecule has 0 bridgehead atoms. The largest absolute Gasteiger partial charge is 0.483 e. The molecule has 0 aromatic heterocycles. The van der Waals surface area contributed by atoms with Gasteiger partial charge in [-0.15, -0.1) is 0 Å². The maximum Gasteiger partial charge on any atom is 0.150 e. The molecular formula is C16H16O2. The van der Waals surface area contributed by atoms with Crippen molar-refractivity contribution < 1.29 is 9.84 Å². The summed E-state index contributed by atoms with van der Waals surface area (Å²) in [6, 6.07) is 16.0. The first-order chi connectivity index (χ1) is 8.74. The van der Waals surface area contributed by atoms with Crippen LogP contribution in [0.4, 0.5) is 0 Å². The average molecular weight is 240 g/mol. The maximum atomic E-state index is 10.2. The summed E-state index contributed by atoms with van der Waals surface area (Å²) in [6.07, 6.45) is -0.0991. The second-order valence-corrected chi connectivity index (χ2v) is 4.83. The molecule has 1 heterocycles. The standard InChI is InChI=1S/C16H16O2/c1-11-7-8-13-10-14(17)16(18-15(13)9-11)12-5-3-2-4-6-12/h2-9,14,16-17H,10H2,1H3/t14-,16+/m0/s1. The van der Waals surface area contributed by atoms with E-state index in [0.29, 0.717) is 6.42 Å². The molecule has 3 rings (SSSR count). The highest BCUT2D eigenvalue weighted by Crippen LogP contribution is 2.35. The molecule has 0 radical (unpaired) electrons. The SMILES string of the molecule is Cc1ccc2c(c1)O[C@H](c1ccccc1)[C@@H](O)C2. The predicted molar refractivity (Wildman–Crippen MR) is 70.7 cm³/mol. The van der Waals surface area contributed by atoms with Gasteiger partial charge >= 0.3 is 0 Å². The van der Waals surface area contributed by atoms with Crippen LogP contribution < -0.4 is 4.74 Å². The minimum Gasteiger partial charge on any atom is -0.483 e. The Morgan fingerprint density at radius 3 is 2.67 bits per heavy atom. The number of aliphatic hydroxyl groups excluding tert-OH is 1. The fraction of sp³-hybridized carbons (Fsp3) is 0.250. The number of aryl methyl sites for hydroxylation is 1. The van der Waals surface area contributed by atoms with Gasteiger partial charge in [0.25, 0.3) is 0 Å². The van der Waals surface area contributed by atoms with Crippen LogP contribution in [0, 0.1) is 6.92 Å². The molecule has 0 spiro atoms. The number of benzene rings is 2. The van der Waals surface area contributed by atoms with E-state index >= 15 is 0 Å². The topological polar surface area (TPSA) is 29.5 Å². The van der Waals surface area contributed by atoms with Crippen molar-refractivity contribution in [2.24, 2.45) is 0 Å². The van der Waals surface area contributed by atoms with Gasteiger partial charge in [-0.1, -0.05) is 42.5 Å². The summed E-state index contributed by atoms with van der Waals surface area (Å²) in [5.74, 6) is 0.897. The smallest absolute Gasteiger partial charge is 0.150 e. The molecule has 0 amide bonds. The zero-order chi connectivity index (χ0) is 12.5. The number of fused-ring (bicyclic) bond motifs is 1. The first-order valence-corrected chi connectivity index (χ1v) is 6.23. The Morgan fingerprint density at radius 2 is 1.89 bits per heavy atom. The molecule has 0 unspecified atom stereocenters. The van der Waals surface area contributed by atoms with Crippen molar-refractivity contribution in [3.05, 3.63) is 65.2 Å². The van der Waals surface area contributed by atoms with E-state index in [1.807, 2.05) is 49.4 Å². The second kappa shape index (κ2) is 4.46. The number of ether oxygens (including phenoxy) is 1. The highest BCUT2D eigenvalue weighted by atomic mass is 16.5. The molecule has 2 nitrogen and oxygen atoms in total. The molecule has 2 atom stereocenters. The Bertz CT molecular complexity index is 548. The lowest BCUT2D eigenvalue weighted by Gasteiger charge is -2.31. The number of hydrogen-bond donors (Lipinski definition) is 1. The number of rotatable bonds is 1. The van der Waals surface area contributed by atoms with Crippen molar-refractivity contribution in [3.63, 3.8) is 0 Å². The Labute approximate surface area is 107 Å². The molecule has 0 aliphatic carbocycles. The highest BCUT2D eigenvalue weighted by Gasteiger charge is 2.29. The van der Waals surface area contributed by atoms with E-state index in [9.17, 15) is 5.11 Å². The molecule has 1 aliphatic heterocycles. The molecule has 18 heavy (non-hydrogen) atoms. The Kier molecular flexibility index (Phi) is 2.80. The van der Waals surface area contributed by atoms with Crippen molar-refractivity contribution in [1.29, 1.82) is 0 Å². The minimum atomic E-state index is -0.484. The quantitative estimate of drug-likeness (QED) is 0.830. The fourth-order valence-electron chi connectivity index (χ4n) is 2.42. The lowest BCUT2D eigenvalue weighted by Crippen LogP contribution is -2.30. The lowest BCUT2D eigenvalue weighted by molar-refractivity contribution is 0.0208. The van der Waals surface area contributed by atoms with Gasteiger partial charge in [0.15, 0.2) is 0 Å². The van der Waals surface area contributed by atoms with Gasteiger partial charge in [0.1, 0.15) is 11.9 Å². The Balaban J connectivity index is 1.96. The summed E-state index contributed by atoms with van der Waals surface area (Å²) in [4.78, 5) is 0. The maximum absolute atomic E-state index is 10.2. The van der Waals surface area contributed by atoms with Crippen LogP contribution in [0.15, 0.2) is 48.5 Å². The van der Waals surface area contributed by atoms with Crippen molar-refractivity contribution in [3.8, 4) is 5.75 Å². The van der Waals surface area contributed by atoms with Crippen molar-refractivity contribution in [2.45, 2.75) is 25.6 Å². The van der Waals surface area contributed by atoms with Crippen LogP contribution in [0.25, 0.3) is 0 Å². The third-order valence-electron chi connectivity index (χ3n) is 3.38. The van der Waals surface area contributed by atoms with Crippen LogP contribution >= 0.6 is 0 Å². The summed E-state index contributed by atoms with van der Waals surface area (Å²) < 4.78 is 5.96. The van der Waals surface area contributed by atoms with Crippen molar-refractivity contribution >= 4 is 0 Å². The summed E-state index contributed by atoms with van der Waals surface area (Å²) in [5, 5.41) is 10.2. The molecule has 0 saturated heterocycles. The molecule has 2 aromatic carbocycles. The van der Waals surface area contributed by atoms with Gasteiger partial charge in [0.05, 0.1) is 6.10 Å². The van der Waals surface area contributed by atoms with Gasteiger partial charge in [-0.05, 0) is 29.7 Å². The van der Waals surface area contributed by atoms with Gasteiger partial charge in [-0.3, -0.25) is 0 Å². The van der Waals surface area contributed by atoms with E-state index in [0.717, 1.165) is 16.9 Å². The van der Waals surface area contributed by atoms with Gasteiger partial charge in [0, 0.05) is 6.42 Å². The van der Waals surface area contributed by atoms with E-state index < -0.39 is 6.10 Å². The van der Waals surface area contributed by atoms with E-state index in [1.54, 1.807) is 0 Å². The molecule has 92 valence electrons. The summed E-state index contributed by atoms with van der Waals surface area (Å²) in [7, 11) is 0. The van der Waals surface area contributed by atoms with Crippen LogP contribution in [0.5, 0.6) is 5.75 Å². The molecule has 1 N–H and O–H groups in total. The molecule has 2 aromatic rings. The van der Waals surface area contributed by atoms with E-state index in [1.165, 1.54) is 5.56 Å². The van der Waals surface area contributed by atoms with Crippen LogP contribution in [-0.4, -0.2) is 11.2 Å². The minimum absolute atomic E-state index is 0.263. The Hall–Kier alpha value is -1.80. The van der Waals surface area contributed by atoms with E-state index in [4.69, 9.17) is 4.74 Å². The van der Waals surface area contributed by atoms with Gasteiger partial charge in [0.2, 0.25) is 0 Å². The molecular weight excluding hydrogens is 224 g/mol. The van der Waals surface area contributed by atoms with Gasteiger partial charge in [-0.25, -0.2) is 0 Å². The number of aliphatic hydroxyl groups is 1. The third-order valence-corrected chi connectivity index (χ3v) is 3.38. The average Bonchev–Trinajstić information content (AvgIpc) is 2.39. The summed E-state index contributed by atoms with van der Waals surface area (Å²) in [5.41, 5.74) is 3.29. The first kappa shape index (κ1) is 11.3. The highest BCUT2D eigenvalue weighted by molar-refractivity contribution is 5.40. The lowest BCUT2D eigenvalue weighted by atomic mass is 9.94. The first-order valence-electron chi connectivity index (χ1n) is 6.23. The zero-order valence-electron chi connectivity index (χ0n) is 10.3. The summed E-state index contributed by atoms with van der Waals surface area (Å²) >= 11 is 0. The Morgan fingerprint density at radius 1 is 1.11 bits per heavy atom.